The molecule has 35 heavy (non-hydrogen) atoms. The third-order valence-corrected chi connectivity index (χ3v) is 6.49. The zero-order valence-electron chi connectivity index (χ0n) is 21.8. The minimum Gasteiger partial charge on any atom is -0.481 e. The Morgan fingerprint density at radius 1 is 0.771 bits per heavy atom. The summed E-state index contributed by atoms with van der Waals surface area (Å²) in [5, 5.41) is 39.5. The van der Waals surface area contributed by atoms with Gasteiger partial charge < -0.3 is 34.6 Å². The number of unbranched alkanes of at least 4 members (excludes halogenated alkanes) is 8. The number of carboxylic acids is 1. The first-order chi connectivity index (χ1) is 16.7. The summed E-state index contributed by atoms with van der Waals surface area (Å²) in [5.41, 5.74) is 0. The van der Waals surface area contributed by atoms with Gasteiger partial charge in [-0.3, -0.25) is 9.59 Å². The van der Waals surface area contributed by atoms with Crippen LogP contribution in [0.1, 0.15) is 111 Å². The maximum atomic E-state index is 12.7. The van der Waals surface area contributed by atoms with Crippen LogP contribution in [0, 0.1) is 0 Å². The minimum absolute atomic E-state index is 0.112. The highest BCUT2D eigenvalue weighted by molar-refractivity contribution is 5.72. The molecule has 1 aliphatic rings. The van der Waals surface area contributed by atoms with Crippen LogP contribution >= 0.6 is 0 Å². The predicted octanol–water partition coefficient (Wildman–Crippen LogP) is 3.70. The molecule has 0 radical (unpaired) electrons. The normalized spacial score (nSPS) is 26.3. The average Bonchev–Trinajstić information content (AvgIpc) is 2.80. The van der Waals surface area contributed by atoms with Crippen LogP contribution in [-0.4, -0.2) is 75.3 Å². The van der Waals surface area contributed by atoms with E-state index in [1.54, 1.807) is 6.92 Å². The van der Waals surface area contributed by atoms with Crippen molar-refractivity contribution in [2.24, 2.45) is 0 Å². The van der Waals surface area contributed by atoms with Crippen LogP contribution in [-0.2, 0) is 23.8 Å². The van der Waals surface area contributed by atoms with E-state index in [1.807, 2.05) is 0 Å². The van der Waals surface area contributed by atoms with Gasteiger partial charge >= 0.3 is 11.9 Å². The first kappa shape index (κ1) is 31.8. The monoisotopic (exact) mass is 504 g/mol. The van der Waals surface area contributed by atoms with Crippen molar-refractivity contribution in [1.82, 2.24) is 0 Å². The lowest BCUT2D eigenvalue weighted by molar-refractivity contribution is -0.304. The molecular weight excluding hydrogens is 456 g/mol. The van der Waals surface area contributed by atoms with Crippen LogP contribution in [0.2, 0.25) is 0 Å². The summed E-state index contributed by atoms with van der Waals surface area (Å²) >= 11 is 0. The first-order valence-electron chi connectivity index (χ1n) is 13.5. The number of aliphatic hydroxyl groups excluding tert-OH is 3. The summed E-state index contributed by atoms with van der Waals surface area (Å²) in [5.74, 6) is -1.57. The highest BCUT2D eigenvalue weighted by Gasteiger charge is 2.43. The SMILES string of the molecule is CCCCCCCC(CC(=O)O)OC(=O)CC(CCCCCCC)O[C@@H]1O[C@H](C)[C@@H](O)[C@H](O)[C@@H]1O. The van der Waals surface area contributed by atoms with E-state index in [4.69, 9.17) is 14.2 Å². The molecule has 0 aromatic carbocycles. The van der Waals surface area contributed by atoms with E-state index in [1.165, 1.54) is 0 Å². The molecule has 0 saturated carbocycles. The number of carbonyl (C=O) groups excluding carboxylic acids is 1. The zero-order valence-corrected chi connectivity index (χ0v) is 21.8. The Bertz CT molecular complexity index is 585. The van der Waals surface area contributed by atoms with Gasteiger partial charge in [0.15, 0.2) is 6.29 Å². The molecule has 1 rings (SSSR count). The fraction of sp³-hybridized carbons (Fsp3) is 0.923. The van der Waals surface area contributed by atoms with E-state index in [0.717, 1.165) is 64.2 Å². The van der Waals surface area contributed by atoms with E-state index in [9.17, 15) is 30.0 Å². The van der Waals surface area contributed by atoms with Crippen LogP contribution in [0.25, 0.3) is 0 Å². The number of esters is 1. The Balaban J connectivity index is 2.72. The van der Waals surface area contributed by atoms with E-state index >= 15 is 0 Å². The molecule has 0 spiro atoms. The summed E-state index contributed by atoms with van der Waals surface area (Å²) in [6, 6.07) is 0. The van der Waals surface area contributed by atoms with Gasteiger partial charge in [0.25, 0.3) is 0 Å². The quantitative estimate of drug-likeness (QED) is 0.153. The second-order valence-corrected chi connectivity index (χ2v) is 9.76. The van der Waals surface area contributed by atoms with Crippen molar-refractivity contribution in [1.29, 1.82) is 0 Å². The molecule has 206 valence electrons. The molecule has 2 unspecified atom stereocenters. The van der Waals surface area contributed by atoms with Crippen molar-refractivity contribution in [3.63, 3.8) is 0 Å². The highest BCUT2D eigenvalue weighted by atomic mass is 16.7. The van der Waals surface area contributed by atoms with Crippen LogP contribution in [0.5, 0.6) is 0 Å². The zero-order chi connectivity index (χ0) is 26.2. The van der Waals surface area contributed by atoms with Gasteiger partial charge in [0.2, 0.25) is 0 Å². The van der Waals surface area contributed by atoms with Gasteiger partial charge in [-0.2, -0.15) is 0 Å². The molecule has 1 aliphatic heterocycles. The number of aliphatic hydroxyl groups is 3. The molecule has 0 aliphatic carbocycles. The third kappa shape index (κ3) is 13.0. The molecule has 0 bridgehead atoms. The predicted molar refractivity (Wildman–Crippen MR) is 131 cm³/mol. The number of carboxylic acid groups (broad SMARTS) is 1. The van der Waals surface area contributed by atoms with Crippen LogP contribution in [0.3, 0.4) is 0 Å². The second kappa shape index (κ2) is 18.1. The van der Waals surface area contributed by atoms with Gasteiger partial charge in [0.1, 0.15) is 24.4 Å². The molecule has 7 atom stereocenters. The largest absolute Gasteiger partial charge is 0.481 e. The van der Waals surface area contributed by atoms with Crippen molar-refractivity contribution < 1.29 is 44.2 Å². The van der Waals surface area contributed by atoms with Crippen molar-refractivity contribution in [3.05, 3.63) is 0 Å². The molecular formula is C26H48O9. The maximum Gasteiger partial charge on any atom is 0.308 e. The summed E-state index contributed by atoms with van der Waals surface area (Å²) in [6.45, 7) is 5.82. The number of aliphatic carboxylic acids is 1. The molecule has 9 heteroatoms. The number of hydrogen-bond acceptors (Lipinski definition) is 8. The molecule has 1 heterocycles. The van der Waals surface area contributed by atoms with Gasteiger partial charge in [-0.25, -0.2) is 0 Å². The van der Waals surface area contributed by atoms with Gasteiger partial charge in [-0.15, -0.1) is 0 Å². The Hall–Kier alpha value is -1.26. The lowest BCUT2D eigenvalue weighted by Crippen LogP contribution is -2.58. The van der Waals surface area contributed by atoms with E-state index < -0.39 is 54.9 Å². The highest BCUT2D eigenvalue weighted by Crippen LogP contribution is 2.25. The van der Waals surface area contributed by atoms with Crippen molar-refractivity contribution in [3.8, 4) is 0 Å². The first-order valence-corrected chi connectivity index (χ1v) is 13.5. The molecule has 0 aromatic rings. The van der Waals surface area contributed by atoms with E-state index in [0.29, 0.717) is 12.8 Å². The van der Waals surface area contributed by atoms with Gasteiger partial charge in [0.05, 0.1) is 25.0 Å². The third-order valence-electron chi connectivity index (χ3n) is 6.49. The standard InChI is InChI=1S/C26H48O9/c1-4-6-8-10-12-14-19(16-21(27)28)34-22(29)17-20(15-13-11-9-7-5-2)35-26-25(32)24(31)23(30)18(3)33-26/h18-20,23-26,30-32H,4-17H2,1-3H3,(H,27,28)/t18-,19?,20?,23-,24+,25+,26+/m1/s1. The Morgan fingerprint density at radius 3 is 1.86 bits per heavy atom. The molecule has 9 nitrogen and oxygen atoms in total. The van der Waals surface area contributed by atoms with E-state index in [2.05, 4.69) is 13.8 Å². The van der Waals surface area contributed by atoms with Crippen LogP contribution < -0.4 is 0 Å². The number of ether oxygens (including phenoxy) is 3. The molecule has 1 saturated heterocycles. The molecule has 0 amide bonds. The maximum absolute atomic E-state index is 12.7. The minimum atomic E-state index is -1.46. The Kier molecular flexibility index (Phi) is 16.4. The summed E-state index contributed by atoms with van der Waals surface area (Å²) in [6.07, 6.45) is 3.42. The van der Waals surface area contributed by atoms with Gasteiger partial charge in [-0.1, -0.05) is 71.6 Å². The number of hydrogen-bond donors (Lipinski definition) is 4. The number of rotatable bonds is 19. The average molecular weight is 505 g/mol. The Labute approximate surface area is 210 Å². The van der Waals surface area contributed by atoms with Gasteiger partial charge in [-0.05, 0) is 26.2 Å². The van der Waals surface area contributed by atoms with Crippen LogP contribution in [0.15, 0.2) is 0 Å². The Morgan fingerprint density at radius 2 is 1.31 bits per heavy atom. The topological polar surface area (TPSA) is 143 Å². The fourth-order valence-corrected chi connectivity index (χ4v) is 4.30. The summed E-state index contributed by atoms with van der Waals surface area (Å²) in [4.78, 5) is 24.0. The summed E-state index contributed by atoms with van der Waals surface area (Å²) in [7, 11) is 0. The fourth-order valence-electron chi connectivity index (χ4n) is 4.30. The van der Waals surface area contributed by atoms with Crippen molar-refractivity contribution >= 4 is 11.9 Å². The van der Waals surface area contributed by atoms with Crippen molar-refractivity contribution in [2.45, 2.75) is 154 Å². The van der Waals surface area contributed by atoms with Gasteiger partial charge in [0, 0.05) is 0 Å². The molecule has 1 fully saturated rings. The van der Waals surface area contributed by atoms with Crippen molar-refractivity contribution in [2.75, 3.05) is 0 Å². The molecule has 0 aromatic heterocycles. The number of carbonyl (C=O) groups is 2. The lowest BCUT2D eigenvalue weighted by atomic mass is 9.99. The second-order valence-electron chi connectivity index (χ2n) is 9.76. The van der Waals surface area contributed by atoms with E-state index in [-0.39, 0.29) is 12.8 Å². The smallest absolute Gasteiger partial charge is 0.308 e. The lowest BCUT2D eigenvalue weighted by Gasteiger charge is -2.40. The van der Waals surface area contributed by atoms with Crippen LogP contribution in [0.4, 0.5) is 0 Å². The molecule has 4 N–H and O–H groups in total. The summed E-state index contributed by atoms with van der Waals surface area (Å²) < 4.78 is 17.0.